The van der Waals surface area contributed by atoms with E-state index in [9.17, 15) is 18.8 Å². The van der Waals surface area contributed by atoms with E-state index < -0.39 is 17.7 Å². The lowest BCUT2D eigenvalue weighted by Crippen LogP contribution is -2.38. The van der Waals surface area contributed by atoms with Crippen LogP contribution in [0.4, 0.5) is 10.1 Å². The van der Waals surface area contributed by atoms with Crippen LogP contribution in [-0.2, 0) is 4.74 Å². The van der Waals surface area contributed by atoms with Crippen molar-refractivity contribution < 1.29 is 23.5 Å². The van der Waals surface area contributed by atoms with Crippen LogP contribution >= 0.6 is 0 Å². The number of aromatic nitrogens is 2. The number of pyridine rings is 1. The maximum Gasteiger partial charge on any atom is 0.341 e. The Labute approximate surface area is 225 Å². The Hall–Kier alpha value is -4.53. The van der Waals surface area contributed by atoms with Crippen LogP contribution in [0.2, 0.25) is 0 Å². The molecule has 2 amide bonds. The summed E-state index contributed by atoms with van der Waals surface area (Å²) in [7, 11) is 0. The normalized spacial score (nSPS) is 13.9. The molecule has 39 heavy (non-hydrogen) atoms. The third kappa shape index (κ3) is 5.38. The highest BCUT2D eigenvalue weighted by Crippen LogP contribution is 2.30. The summed E-state index contributed by atoms with van der Waals surface area (Å²) in [4.78, 5) is 43.8. The number of halogens is 1. The number of ether oxygens (including phenoxy) is 1. The van der Waals surface area contributed by atoms with Gasteiger partial charge in [-0.1, -0.05) is 18.2 Å². The van der Waals surface area contributed by atoms with E-state index in [1.54, 1.807) is 22.4 Å². The van der Waals surface area contributed by atoms with Gasteiger partial charge in [0.15, 0.2) is 0 Å². The van der Waals surface area contributed by atoms with Gasteiger partial charge in [0.25, 0.3) is 11.8 Å². The molecule has 0 radical (unpaired) electrons. The third-order valence-electron chi connectivity index (χ3n) is 7.05. The Bertz CT molecular complexity index is 1540. The van der Waals surface area contributed by atoms with Crippen molar-refractivity contribution >= 4 is 29.1 Å². The zero-order valence-electron chi connectivity index (χ0n) is 21.8. The summed E-state index contributed by atoms with van der Waals surface area (Å²) in [5.41, 5.74) is 3.67. The summed E-state index contributed by atoms with van der Waals surface area (Å²) < 4.78 is 21.6. The molecule has 0 atom stereocenters. The highest BCUT2D eigenvalue weighted by Gasteiger charge is 2.28. The van der Waals surface area contributed by atoms with Crippen LogP contribution in [0.15, 0.2) is 67.0 Å². The summed E-state index contributed by atoms with van der Waals surface area (Å²) in [6.07, 6.45) is 4.83. The van der Waals surface area contributed by atoms with Crippen LogP contribution in [0.25, 0.3) is 5.65 Å². The van der Waals surface area contributed by atoms with E-state index in [2.05, 4.69) is 10.3 Å². The van der Waals surface area contributed by atoms with Gasteiger partial charge in [0.1, 0.15) is 17.2 Å². The zero-order valence-corrected chi connectivity index (χ0v) is 21.8. The lowest BCUT2D eigenvalue weighted by Gasteiger charge is -2.32. The topological polar surface area (TPSA) is 93.0 Å². The number of hydrogen-bond acceptors (Lipinski definition) is 5. The number of carbonyl (C=O) groups excluding carboxylic acids is 3. The molecule has 1 saturated heterocycles. The highest BCUT2D eigenvalue weighted by molar-refractivity contribution is 6.03. The van der Waals surface area contributed by atoms with Gasteiger partial charge in [0, 0.05) is 25.0 Å². The lowest BCUT2D eigenvalue weighted by molar-refractivity contribution is 0.0520. The van der Waals surface area contributed by atoms with Gasteiger partial charge in [0.05, 0.1) is 23.9 Å². The number of hydrogen-bond donors (Lipinski definition) is 1. The second-order valence-electron chi connectivity index (χ2n) is 9.61. The summed E-state index contributed by atoms with van der Waals surface area (Å²) in [5.74, 6) is -2.07. The predicted molar refractivity (Wildman–Crippen MR) is 145 cm³/mol. The Morgan fingerprint density at radius 1 is 1.05 bits per heavy atom. The fourth-order valence-corrected chi connectivity index (χ4v) is 4.93. The molecule has 5 rings (SSSR count). The van der Waals surface area contributed by atoms with E-state index in [1.165, 1.54) is 18.2 Å². The molecule has 3 heterocycles. The fraction of sp³-hybridized carbons (Fsp3) is 0.267. The first-order valence-electron chi connectivity index (χ1n) is 13.0. The standard InChI is InChI=1S/C30H29FN4O4/c1-3-39-30(38)24-6-4-5-23(27(24)31)29(37)34-14-12-21(13-15-34)20-7-9-22(10-8-20)33-28(36)25-18-32-26-17-19(2)11-16-35(25)26/h4-11,16-18,21H,3,12-15H2,1-2H3,(H,33,36). The van der Waals surface area contributed by atoms with Crippen molar-refractivity contribution in [1.29, 1.82) is 0 Å². The molecular weight excluding hydrogens is 499 g/mol. The molecule has 1 N–H and O–H groups in total. The minimum absolute atomic E-state index is 0.124. The minimum Gasteiger partial charge on any atom is -0.462 e. The molecule has 8 nitrogen and oxygen atoms in total. The Balaban J connectivity index is 1.20. The average molecular weight is 529 g/mol. The second-order valence-corrected chi connectivity index (χ2v) is 9.61. The number of imidazole rings is 1. The van der Waals surface area contributed by atoms with Crippen molar-refractivity contribution in [3.63, 3.8) is 0 Å². The number of fused-ring (bicyclic) bond motifs is 1. The molecule has 4 aromatic rings. The van der Waals surface area contributed by atoms with Gasteiger partial charge in [-0.05, 0) is 80.1 Å². The molecule has 0 unspecified atom stereocenters. The molecular formula is C30H29FN4O4. The minimum atomic E-state index is -0.847. The van der Waals surface area contributed by atoms with Gasteiger partial charge >= 0.3 is 5.97 Å². The lowest BCUT2D eigenvalue weighted by atomic mass is 9.89. The van der Waals surface area contributed by atoms with Crippen molar-refractivity contribution in [2.24, 2.45) is 0 Å². The van der Waals surface area contributed by atoms with E-state index in [1.807, 2.05) is 49.5 Å². The maximum absolute atomic E-state index is 14.9. The van der Waals surface area contributed by atoms with Gasteiger partial charge in [-0.3, -0.25) is 14.0 Å². The molecule has 0 bridgehead atoms. The van der Waals surface area contributed by atoms with Crippen molar-refractivity contribution in [2.45, 2.75) is 32.6 Å². The van der Waals surface area contributed by atoms with Gasteiger partial charge in [0.2, 0.25) is 0 Å². The number of nitrogens with zero attached hydrogens (tertiary/aromatic N) is 3. The molecule has 1 aliphatic rings. The smallest absolute Gasteiger partial charge is 0.341 e. The number of esters is 1. The van der Waals surface area contributed by atoms with Gasteiger partial charge in [-0.15, -0.1) is 0 Å². The molecule has 2 aromatic carbocycles. The van der Waals surface area contributed by atoms with E-state index in [4.69, 9.17) is 4.74 Å². The monoisotopic (exact) mass is 528 g/mol. The average Bonchev–Trinajstić information content (AvgIpc) is 3.37. The van der Waals surface area contributed by atoms with Crippen molar-refractivity contribution in [1.82, 2.24) is 14.3 Å². The zero-order chi connectivity index (χ0) is 27.5. The van der Waals surface area contributed by atoms with E-state index in [0.717, 1.165) is 29.6 Å². The van der Waals surface area contributed by atoms with Crippen LogP contribution in [0.3, 0.4) is 0 Å². The summed E-state index contributed by atoms with van der Waals surface area (Å²) >= 11 is 0. The fourth-order valence-electron chi connectivity index (χ4n) is 4.93. The molecule has 1 fully saturated rings. The van der Waals surface area contributed by atoms with E-state index in [-0.39, 0.29) is 29.6 Å². The van der Waals surface area contributed by atoms with Crippen LogP contribution < -0.4 is 5.32 Å². The molecule has 0 saturated carbocycles. The quantitative estimate of drug-likeness (QED) is 0.346. The molecule has 0 aliphatic carbocycles. The van der Waals surface area contributed by atoms with Crippen molar-refractivity contribution in [3.05, 3.63) is 101 Å². The maximum atomic E-state index is 14.9. The molecule has 0 spiro atoms. The number of anilines is 1. The number of rotatable bonds is 6. The number of amides is 2. The SMILES string of the molecule is CCOC(=O)c1cccc(C(=O)N2CCC(c3ccc(NC(=O)c4cnc5cc(C)ccn45)cc3)CC2)c1F. The highest BCUT2D eigenvalue weighted by atomic mass is 19.1. The molecule has 2 aromatic heterocycles. The first kappa shape index (κ1) is 26.1. The van der Waals surface area contributed by atoms with Crippen LogP contribution in [0.5, 0.6) is 0 Å². The van der Waals surface area contributed by atoms with Crippen molar-refractivity contribution in [2.75, 3.05) is 25.0 Å². The largest absolute Gasteiger partial charge is 0.462 e. The molecule has 9 heteroatoms. The first-order valence-corrected chi connectivity index (χ1v) is 13.0. The summed E-state index contributed by atoms with van der Waals surface area (Å²) in [6, 6.07) is 15.8. The van der Waals surface area contributed by atoms with E-state index >= 15 is 0 Å². The predicted octanol–water partition coefficient (Wildman–Crippen LogP) is 5.23. The van der Waals surface area contributed by atoms with E-state index in [0.29, 0.717) is 24.5 Å². The second kappa shape index (κ2) is 11.1. The Kier molecular flexibility index (Phi) is 7.40. The van der Waals surface area contributed by atoms with Crippen LogP contribution in [0.1, 0.15) is 68.0 Å². The first-order chi connectivity index (χ1) is 18.9. The van der Waals surface area contributed by atoms with Crippen LogP contribution in [-0.4, -0.2) is 51.8 Å². The molecule has 200 valence electrons. The summed E-state index contributed by atoms with van der Waals surface area (Å²) in [6.45, 7) is 4.68. The van der Waals surface area contributed by atoms with Crippen LogP contribution in [0, 0.1) is 12.7 Å². The Morgan fingerprint density at radius 2 is 1.77 bits per heavy atom. The number of carbonyl (C=O) groups is 3. The number of nitrogens with one attached hydrogen (secondary N) is 1. The molecule has 1 aliphatic heterocycles. The Morgan fingerprint density at radius 3 is 2.49 bits per heavy atom. The number of piperidine rings is 1. The van der Waals surface area contributed by atoms with Gasteiger partial charge in [-0.2, -0.15) is 0 Å². The van der Waals surface area contributed by atoms with Crippen molar-refractivity contribution in [3.8, 4) is 0 Å². The summed E-state index contributed by atoms with van der Waals surface area (Å²) in [5, 5.41) is 2.93. The number of benzene rings is 2. The number of aryl methyl sites for hydroxylation is 1. The van der Waals surface area contributed by atoms with Gasteiger partial charge < -0.3 is 15.0 Å². The number of likely N-dealkylation sites (tertiary alicyclic amines) is 1. The third-order valence-corrected chi connectivity index (χ3v) is 7.05. The van der Waals surface area contributed by atoms with Gasteiger partial charge in [-0.25, -0.2) is 14.2 Å².